The van der Waals surface area contributed by atoms with Crippen molar-refractivity contribution >= 4 is 21.4 Å². The Morgan fingerprint density at radius 1 is 1.46 bits per heavy atom. The second kappa shape index (κ2) is 7.30. The molecule has 132 valence electrons. The summed E-state index contributed by atoms with van der Waals surface area (Å²) >= 11 is 1.54. The fourth-order valence-corrected chi connectivity index (χ4v) is 4.71. The first-order chi connectivity index (χ1) is 11.5. The predicted octanol–water partition coefficient (Wildman–Crippen LogP) is 2.12. The van der Waals surface area contributed by atoms with Crippen molar-refractivity contribution in [1.29, 1.82) is 0 Å². The van der Waals surface area contributed by atoms with Crippen LogP contribution in [0.4, 0.5) is 0 Å². The molecule has 1 aliphatic heterocycles. The number of thiazole rings is 1. The molecule has 0 aliphatic carbocycles. The van der Waals surface area contributed by atoms with Crippen LogP contribution in [0.1, 0.15) is 36.7 Å². The molecule has 1 fully saturated rings. The van der Waals surface area contributed by atoms with Gasteiger partial charge >= 0.3 is 0 Å². The molecule has 24 heavy (non-hydrogen) atoms. The van der Waals surface area contributed by atoms with Crippen LogP contribution in [-0.2, 0) is 14.8 Å². The fraction of sp³-hybridized carbons (Fsp3) is 0.600. The molecule has 0 saturated carbocycles. The van der Waals surface area contributed by atoms with Crippen LogP contribution in [0, 0.1) is 0 Å². The van der Waals surface area contributed by atoms with Gasteiger partial charge in [0.25, 0.3) is 0 Å². The highest BCUT2D eigenvalue weighted by molar-refractivity contribution is 7.89. The van der Waals surface area contributed by atoms with Crippen molar-refractivity contribution in [2.75, 3.05) is 26.8 Å². The van der Waals surface area contributed by atoms with Crippen LogP contribution in [0.2, 0.25) is 0 Å². The van der Waals surface area contributed by atoms with E-state index in [2.05, 4.69) is 10.1 Å². The van der Waals surface area contributed by atoms with Gasteiger partial charge in [0.1, 0.15) is 4.90 Å². The lowest BCUT2D eigenvalue weighted by Gasteiger charge is -2.22. The first-order valence-corrected chi connectivity index (χ1v) is 10.3. The molecule has 0 spiro atoms. The van der Waals surface area contributed by atoms with E-state index in [1.54, 1.807) is 35.5 Å². The Balaban J connectivity index is 1.71. The minimum Gasteiger partial charge on any atom is -0.381 e. The molecule has 0 bridgehead atoms. The fourth-order valence-electron chi connectivity index (χ4n) is 2.82. The predicted molar refractivity (Wildman–Crippen MR) is 91.7 cm³/mol. The second-order valence-corrected chi connectivity index (χ2v) is 9.03. The number of sulfonamides is 1. The van der Waals surface area contributed by atoms with Gasteiger partial charge in [0, 0.05) is 50.5 Å². The molecule has 1 atom stereocenters. The van der Waals surface area contributed by atoms with Crippen molar-refractivity contribution in [1.82, 2.24) is 19.1 Å². The molecule has 0 radical (unpaired) electrons. The molecule has 0 aromatic carbocycles. The number of aromatic nitrogens is 3. The topological polar surface area (TPSA) is 77.3 Å². The van der Waals surface area contributed by atoms with Gasteiger partial charge in [0.2, 0.25) is 10.0 Å². The Morgan fingerprint density at radius 2 is 2.21 bits per heavy atom. The lowest BCUT2D eigenvalue weighted by atomic mass is 10.1. The van der Waals surface area contributed by atoms with Crippen LogP contribution in [-0.4, -0.2) is 54.3 Å². The van der Waals surface area contributed by atoms with Crippen LogP contribution in [0.3, 0.4) is 0 Å². The van der Waals surface area contributed by atoms with Gasteiger partial charge in [-0.25, -0.2) is 17.7 Å². The highest BCUT2D eigenvalue weighted by Crippen LogP contribution is 2.24. The molecule has 0 unspecified atom stereocenters. The largest absolute Gasteiger partial charge is 0.381 e. The van der Waals surface area contributed by atoms with E-state index >= 15 is 0 Å². The lowest BCUT2D eigenvalue weighted by molar-refractivity contribution is 0.0662. The number of hydrogen-bond donors (Lipinski definition) is 0. The van der Waals surface area contributed by atoms with Gasteiger partial charge < -0.3 is 4.74 Å². The molecule has 9 heteroatoms. The molecule has 0 amide bonds. The standard InChI is InChI=1S/C15H22N4O3S2/c1-12(15-16-5-8-23-15)10-18(2)24(20,21)14-9-17-19(11-14)13-3-6-22-7-4-13/h5,8-9,11-13H,3-4,6-7,10H2,1-2H3/t12-/m1/s1. The van der Waals surface area contributed by atoms with Crippen molar-refractivity contribution in [3.05, 3.63) is 29.0 Å². The summed E-state index contributed by atoms with van der Waals surface area (Å²) in [6.07, 6.45) is 6.53. The number of rotatable bonds is 6. The number of likely N-dealkylation sites (N-methyl/N-ethyl adjacent to an activating group) is 1. The number of ether oxygens (including phenoxy) is 1. The first-order valence-electron chi connectivity index (χ1n) is 7.96. The summed E-state index contributed by atoms with van der Waals surface area (Å²) in [7, 11) is -1.94. The third-order valence-corrected chi connectivity index (χ3v) is 7.04. The van der Waals surface area contributed by atoms with E-state index in [1.807, 2.05) is 12.3 Å². The molecule has 1 saturated heterocycles. The quantitative estimate of drug-likeness (QED) is 0.778. The van der Waals surface area contributed by atoms with E-state index < -0.39 is 10.0 Å². The van der Waals surface area contributed by atoms with Crippen LogP contribution >= 0.6 is 11.3 Å². The van der Waals surface area contributed by atoms with E-state index in [-0.39, 0.29) is 16.9 Å². The maximum absolute atomic E-state index is 12.8. The van der Waals surface area contributed by atoms with E-state index in [1.165, 1.54) is 10.5 Å². The Labute approximate surface area is 146 Å². The molecule has 2 aromatic heterocycles. The van der Waals surface area contributed by atoms with E-state index in [0.29, 0.717) is 19.8 Å². The van der Waals surface area contributed by atoms with Gasteiger partial charge in [-0.3, -0.25) is 4.68 Å². The normalized spacial score (nSPS) is 18.1. The molecule has 3 rings (SSSR count). The number of nitrogens with zero attached hydrogens (tertiary/aromatic N) is 4. The highest BCUT2D eigenvalue weighted by atomic mass is 32.2. The maximum atomic E-state index is 12.8. The molecule has 0 N–H and O–H groups in total. The summed E-state index contributed by atoms with van der Waals surface area (Å²) in [5.41, 5.74) is 0. The first kappa shape index (κ1) is 17.5. The summed E-state index contributed by atoms with van der Waals surface area (Å²) in [5.74, 6) is 0.0512. The van der Waals surface area contributed by atoms with E-state index in [4.69, 9.17) is 4.74 Å². The summed E-state index contributed by atoms with van der Waals surface area (Å²) in [5, 5.41) is 7.10. The zero-order valence-electron chi connectivity index (χ0n) is 13.8. The minimum atomic E-state index is -3.55. The van der Waals surface area contributed by atoms with Crippen LogP contribution < -0.4 is 0 Å². The molecule has 1 aliphatic rings. The Bertz CT molecular complexity index is 752. The number of hydrogen-bond acceptors (Lipinski definition) is 6. The molecular weight excluding hydrogens is 348 g/mol. The molecular formula is C15H22N4O3S2. The summed E-state index contributed by atoms with van der Waals surface area (Å²) in [6, 6.07) is 0.210. The summed E-state index contributed by atoms with van der Waals surface area (Å²) in [6.45, 7) is 3.75. The Kier molecular flexibility index (Phi) is 5.33. The van der Waals surface area contributed by atoms with Gasteiger partial charge in [-0.2, -0.15) is 5.10 Å². The highest BCUT2D eigenvalue weighted by Gasteiger charge is 2.26. The molecule has 3 heterocycles. The average Bonchev–Trinajstić information content (AvgIpc) is 3.27. The molecule has 2 aromatic rings. The van der Waals surface area contributed by atoms with Crippen LogP contribution in [0.15, 0.2) is 28.9 Å². The van der Waals surface area contributed by atoms with Gasteiger partial charge in [-0.05, 0) is 12.8 Å². The smallest absolute Gasteiger partial charge is 0.245 e. The summed E-state index contributed by atoms with van der Waals surface area (Å²) < 4.78 is 34.0. The van der Waals surface area contributed by atoms with Crippen LogP contribution in [0.25, 0.3) is 0 Å². The SMILES string of the molecule is C[C@H](CN(C)S(=O)(=O)c1cnn(C2CCOCC2)c1)c1nccs1. The van der Waals surface area contributed by atoms with Crippen molar-refractivity contribution in [2.45, 2.75) is 36.6 Å². The van der Waals surface area contributed by atoms with Crippen molar-refractivity contribution in [3.63, 3.8) is 0 Å². The van der Waals surface area contributed by atoms with Crippen LogP contribution in [0.5, 0.6) is 0 Å². The molecule has 7 nitrogen and oxygen atoms in total. The van der Waals surface area contributed by atoms with E-state index in [9.17, 15) is 8.42 Å². The van der Waals surface area contributed by atoms with Crippen molar-refractivity contribution in [3.8, 4) is 0 Å². The van der Waals surface area contributed by atoms with Gasteiger partial charge in [0.05, 0.1) is 17.2 Å². The zero-order chi connectivity index (χ0) is 17.2. The van der Waals surface area contributed by atoms with Gasteiger partial charge in [-0.15, -0.1) is 11.3 Å². The van der Waals surface area contributed by atoms with Gasteiger partial charge in [0.15, 0.2) is 0 Å². The third kappa shape index (κ3) is 3.69. The summed E-state index contributed by atoms with van der Waals surface area (Å²) in [4.78, 5) is 4.50. The van der Waals surface area contributed by atoms with Crippen molar-refractivity contribution < 1.29 is 13.2 Å². The lowest BCUT2D eigenvalue weighted by Crippen LogP contribution is -2.30. The third-order valence-electron chi connectivity index (χ3n) is 4.25. The monoisotopic (exact) mass is 370 g/mol. The minimum absolute atomic E-state index is 0.0512. The Morgan fingerprint density at radius 3 is 2.88 bits per heavy atom. The second-order valence-electron chi connectivity index (χ2n) is 6.06. The average molecular weight is 371 g/mol. The Hall–Kier alpha value is -1.29. The maximum Gasteiger partial charge on any atom is 0.245 e. The van der Waals surface area contributed by atoms with Crippen molar-refractivity contribution in [2.24, 2.45) is 0 Å². The van der Waals surface area contributed by atoms with E-state index in [0.717, 1.165) is 17.8 Å². The van der Waals surface area contributed by atoms with Gasteiger partial charge in [-0.1, -0.05) is 6.92 Å². The zero-order valence-corrected chi connectivity index (χ0v) is 15.5.